The van der Waals surface area contributed by atoms with E-state index in [-0.39, 0.29) is 12.4 Å². The number of rotatable bonds is 6. The van der Waals surface area contributed by atoms with E-state index in [0.717, 1.165) is 10.9 Å². The average Bonchev–Trinajstić information content (AvgIpc) is 2.49. The summed E-state index contributed by atoms with van der Waals surface area (Å²) in [6.45, 7) is 2.54. The smallest absolute Gasteiger partial charge is 0.161 e. The molecule has 2 nitrogen and oxygen atoms in total. The highest BCUT2D eigenvalue weighted by molar-refractivity contribution is 9.08. The van der Waals surface area contributed by atoms with Gasteiger partial charge in [-0.3, -0.25) is 0 Å². The number of hydrogen-bond donors (Lipinski definition) is 0. The predicted molar refractivity (Wildman–Crippen MR) is 86.0 cm³/mol. The molecule has 0 aliphatic carbocycles. The molecule has 112 valence electrons. The largest absolute Gasteiger partial charge is 0.490 e. The first-order chi connectivity index (χ1) is 10.1. The molecule has 0 heterocycles. The Bertz CT molecular complexity index is 619. The average molecular weight is 374 g/mol. The fraction of sp³-hybridized carbons (Fsp3) is 0.250. The maximum Gasteiger partial charge on any atom is 0.161 e. The van der Waals surface area contributed by atoms with Crippen LogP contribution < -0.4 is 9.47 Å². The van der Waals surface area contributed by atoms with Crippen molar-refractivity contribution >= 4 is 27.5 Å². The summed E-state index contributed by atoms with van der Waals surface area (Å²) in [6.07, 6.45) is 0. The molecule has 0 N–H and O–H groups in total. The van der Waals surface area contributed by atoms with E-state index in [1.807, 2.05) is 25.1 Å². The summed E-state index contributed by atoms with van der Waals surface area (Å²) < 4.78 is 24.9. The topological polar surface area (TPSA) is 18.5 Å². The number of halogens is 3. The minimum absolute atomic E-state index is 0.0973. The molecule has 0 spiro atoms. The van der Waals surface area contributed by atoms with Gasteiger partial charge in [-0.05, 0) is 42.8 Å². The van der Waals surface area contributed by atoms with Crippen molar-refractivity contribution in [2.45, 2.75) is 18.9 Å². The molecule has 0 unspecified atom stereocenters. The van der Waals surface area contributed by atoms with Crippen LogP contribution in [0, 0.1) is 5.82 Å². The minimum Gasteiger partial charge on any atom is -0.490 e. The molecule has 0 aromatic heterocycles. The molecule has 2 aromatic rings. The molecule has 2 aromatic carbocycles. The summed E-state index contributed by atoms with van der Waals surface area (Å²) in [5.74, 6) is 0.896. The first-order valence-electron chi connectivity index (χ1n) is 6.52. The van der Waals surface area contributed by atoms with E-state index in [4.69, 9.17) is 21.1 Å². The van der Waals surface area contributed by atoms with E-state index >= 15 is 0 Å². The van der Waals surface area contributed by atoms with Crippen LogP contribution in [0.25, 0.3) is 0 Å². The molecule has 0 fully saturated rings. The third-order valence-corrected chi connectivity index (χ3v) is 3.74. The van der Waals surface area contributed by atoms with Crippen molar-refractivity contribution in [2.24, 2.45) is 0 Å². The van der Waals surface area contributed by atoms with Crippen LogP contribution in [0.15, 0.2) is 36.4 Å². The minimum atomic E-state index is -0.338. The van der Waals surface area contributed by atoms with Crippen LogP contribution in [0.2, 0.25) is 5.02 Å². The number of hydrogen-bond acceptors (Lipinski definition) is 2. The SMILES string of the molecule is CCOc1cc(CBr)ccc1OCc1cc(Cl)ccc1F. The van der Waals surface area contributed by atoms with Gasteiger partial charge in [-0.2, -0.15) is 0 Å². The lowest BCUT2D eigenvalue weighted by Gasteiger charge is -2.13. The summed E-state index contributed by atoms with van der Waals surface area (Å²) in [4.78, 5) is 0. The Morgan fingerprint density at radius 2 is 1.90 bits per heavy atom. The quantitative estimate of drug-likeness (QED) is 0.635. The van der Waals surface area contributed by atoms with Crippen molar-refractivity contribution in [1.82, 2.24) is 0 Å². The summed E-state index contributed by atoms with van der Waals surface area (Å²) in [7, 11) is 0. The predicted octanol–water partition coefficient (Wildman–Crippen LogP) is 5.35. The molecular formula is C16H15BrClFO2. The lowest BCUT2D eigenvalue weighted by atomic mass is 10.2. The summed E-state index contributed by atoms with van der Waals surface area (Å²) in [5.41, 5.74) is 1.49. The third-order valence-electron chi connectivity index (χ3n) is 2.85. The van der Waals surface area contributed by atoms with Crippen LogP contribution in [0.3, 0.4) is 0 Å². The van der Waals surface area contributed by atoms with E-state index in [2.05, 4.69) is 15.9 Å². The van der Waals surface area contributed by atoms with Gasteiger partial charge in [0.2, 0.25) is 0 Å². The van der Waals surface area contributed by atoms with Crippen LogP contribution in [-0.2, 0) is 11.9 Å². The second-order valence-electron chi connectivity index (χ2n) is 4.37. The van der Waals surface area contributed by atoms with Gasteiger partial charge in [-0.25, -0.2) is 4.39 Å². The van der Waals surface area contributed by atoms with E-state index in [9.17, 15) is 4.39 Å². The Labute approximate surface area is 137 Å². The molecule has 0 saturated heterocycles. The molecular weight excluding hydrogens is 359 g/mol. The van der Waals surface area contributed by atoms with Crippen molar-refractivity contribution in [3.63, 3.8) is 0 Å². The first kappa shape index (κ1) is 16.1. The highest BCUT2D eigenvalue weighted by Crippen LogP contribution is 2.30. The van der Waals surface area contributed by atoms with Gasteiger partial charge >= 0.3 is 0 Å². The molecule has 0 aliphatic rings. The molecule has 0 amide bonds. The van der Waals surface area contributed by atoms with Crippen molar-refractivity contribution in [3.8, 4) is 11.5 Å². The van der Waals surface area contributed by atoms with Crippen molar-refractivity contribution in [1.29, 1.82) is 0 Å². The Kier molecular flexibility index (Phi) is 5.88. The fourth-order valence-corrected chi connectivity index (χ4v) is 2.38. The Morgan fingerprint density at radius 3 is 2.62 bits per heavy atom. The van der Waals surface area contributed by atoms with Gasteiger partial charge in [0.25, 0.3) is 0 Å². The van der Waals surface area contributed by atoms with Crippen LogP contribution in [-0.4, -0.2) is 6.61 Å². The Balaban J connectivity index is 2.17. The lowest BCUT2D eigenvalue weighted by molar-refractivity contribution is 0.265. The summed E-state index contributed by atoms with van der Waals surface area (Å²) in [5, 5.41) is 1.21. The number of alkyl halides is 1. The standard InChI is InChI=1S/C16H15BrClFO2/c1-2-20-16-7-11(9-17)3-6-15(16)21-10-12-8-13(18)4-5-14(12)19/h3-8H,2,9-10H2,1H3. The highest BCUT2D eigenvalue weighted by Gasteiger charge is 2.09. The van der Waals surface area contributed by atoms with Gasteiger partial charge in [0.1, 0.15) is 12.4 Å². The molecule has 0 atom stereocenters. The Morgan fingerprint density at radius 1 is 1.10 bits per heavy atom. The second kappa shape index (κ2) is 7.66. The molecule has 0 radical (unpaired) electrons. The second-order valence-corrected chi connectivity index (χ2v) is 5.37. The first-order valence-corrected chi connectivity index (χ1v) is 8.02. The molecule has 0 aliphatic heterocycles. The van der Waals surface area contributed by atoms with Crippen LogP contribution >= 0.6 is 27.5 Å². The van der Waals surface area contributed by atoms with Crippen molar-refractivity contribution in [2.75, 3.05) is 6.61 Å². The number of ether oxygens (including phenoxy) is 2. The monoisotopic (exact) mass is 372 g/mol. The van der Waals surface area contributed by atoms with E-state index in [1.54, 1.807) is 6.07 Å². The number of benzene rings is 2. The van der Waals surface area contributed by atoms with Gasteiger partial charge in [-0.15, -0.1) is 0 Å². The highest BCUT2D eigenvalue weighted by atomic mass is 79.9. The maximum atomic E-state index is 13.7. The van der Waals surface area contributed by atoms with Gasteiger partial charge in [-0.1, -0.05) is 33.6 Å². The Hall–Kier alpha value is -1.26. The van der Waals surface area contributed by atoms with Crippen molar-refractivity contribution < 1.29 is 13.9 Å². The zero-order valence-corrected chi connectivity index (χ0v) is 13.9. The molecule has 5 heteroatoms. The van der Waals surface area contributed by atoms with Crippen LogP contribution in [0.5, 0.6) is 11.5 Å². The molecule has 2 rings (SSSR count). The fourth-order valence-electron chi connectivity index (χ4n) is 1.83. The van der Waals surface area contributed by atoms with Gasteiger partial charge in [0.15, 0.2) is 11.5 Å². The molecule has 0 saturated carbocycles. The van der Waals surface area contributed by atoms with E-state index < -0.39 is 0 Å². The zero-order chi connectivity index (χ0) is 15.2. The third kappa shape index (κ3) is 4.35. The summed E-state index contributed by atoms with van der Waals surface area (Å²) >= 11 is 9.27. The van der Waals surface area contributed by atoms with Gasteiger partial charge < -0.3 is 9.47 Å². The van der Waals surface area contributed by atoms with E-state index in [0.29, 0.717) is 28.7 Å². The molecule has 21 heavy (non-hydrogen) atoms. The maximum absolute atomic E-state index is 13.7. The van der Waals surface area contributed by atoms with Crippen molar-refractivity contribution in [3.05, 3.63) is 58.4 Å². The normalized spacial score (nSPS) is 10.5. The van der Waals surface area contributed by atoms with Gasteiger partial charge in [0.05, 0.1) is 6.61 Å². The van der Waals surface area contributed by atoms with Crippen LogP contribution in [0.4, 0.5) is 4.39 Å². The lowest BCUT2D eigenvalue weighted by Crippen LogP contribution is -2.02. The molecule has 0 bridgehead atoms. The van der Waals surface area contributed by atoms with Gasteiger partial charge in [0, 0.05) is 15.9 Å². The zero-order valence-electron chi connectivity index (χ0n) is 11.5. The summed E-state index contributed by atoms with van der Waals surface area (Å²) in [6, 6.07) is 10.1. The van der Waals surface area contributed by atoms with Crippen LogP contribution in [0.1, 0.15) is 18.1 Å². The van der Waals surface area contributed by atoms with E-state index in [1.165, 1.54) is 12.1 Å².